The Balaban J connectivity index is 1.18. The minimum atomic E-state index is -0.742. The van der Waals surface area contributed by atoms with Gasteiger partial charge in [-0.2, -0.15) is 5.21 Å². The smallest absolute Gasteiger partial charge is 0.247 e. The number of carbonyl (C=O) groups is 2. The summed E-state index contributed by atoms with van der Waals surface area (Å²) < 4.78 is 2.00. The number of aromatic nitrogens is 6. The molecule has 0 aliphatic heterocycles. The summed E-state index contributed by atoms with van der Waals surface area (Å²) in [5.41, 5.74) is 12.3. The number of hydrogen-bond acceptors (Lipinski definition) is 7. The van der Waals surface area contributed by atoms with Crippen LogP contribution in [0.4, 0.5) is 5.69 Å². The molecule has 220 valence electrons. The van der Waals surface area contributed by atoms with Crippen LogP contribution in [0.25, 0.3) is 33.5 Å². The number of carbonyl (C=O) groups excluding carboxylic acids is 2. The van der Waals surface area contributed by atoms with Crippen LogP contribution < -0.4 is 16.4 Å². The number of nitrogens with one attached hydrogen (secondary N) is 3. The fourth-order valence-electron chi connectivity index (χ4n) is 5.75. The molecule has 0 unspecified atom stereocenters. The van der Waals surface area contributed by atoms with Crippen molar-refractivity contribution in [1.29, 1.82) is 0 Å². The van der Waals surface area contributed by atoms with Crippen LogP contribution in [0.1, 0.15) is 31.2 Å². The Bertz CT molecular complexity index is 1690. The van der Waals surface area contributed by atoms with Crippen LogP contribution >= 0.6 is 0 Å². The summed E-state index contributed by atoms with van der Waals surface area (Å²) >= 11 is 0. The maximum Gasteiger partial charge on any atom is 0.247 e. The van der Waals surface area contributed by atoms with Gasteiger partial charge in [0.25, 0.3) is 0 Å². The summed E-state index contributed by atoms with van der Waals surface area (Å²) in [7, 11) is 1.98. The van der Waals surface area contributed by atoms with Crippen molar-refractivity contribution in [2.24, 2.45) is 24.6 Å². The van der Waals surface area contributed by atoms with E-state index in [2.05, 4.69) is 60.5 Å². The molecule has 5 N–H and O–H groups in total. The number of nitrogens with two attached hydrogens (primary N) is 1. The van der Waals surface area contributed by atoms with Gasteiger partial charge in [0.15, 0.2) is 0 Å². The number of tetrazole rings is 1. The zero-order valence-corrected chi connectivity index (χ0v) is 24.0. The maximum atomic E-state index is 13.6. The lowest BCUT2D eigenvalue weighted by molar-refractivity contribution is -0.130. The minimum Gasteiger partial charge on any atom is -0.344 e. The molecule has 1 fully saturated rings. The largest absolute Gasteiger partial charge is 0.344 e. The summed E-state index contributed by atoms with van der Waals surface area (Å²) in [6.07, 6.45) is 5.61. The highest BCUT2D eigenvalue weighted by Gasteiger charge is 2.29. The number of fused-ring (bicyclic) bond motifs is 1. The normalized spacial score (nSPS) is 17.4. The number of anilines is 1. The van der Waals surface area contributed by atoms with Crippen LogP contribution in [0.15, 0.2) is 73.1 Å². The van der Waals surface area contributed by atoms with E-state index in [4.69, 9.17) is 5.73 Å². The first-order chi connectivity index (χ1) is 21.0. The van der Waals surface area contributed by atoms with Crippen molar-refractivity contribution in [2.45, 2.75) is 38.1 Å². The van der Waals surface area contributed by atoms with E-state index < -0.39 is 6.04 Å². The molecule has 6 rings (SSSR count). The van der Waals surface area contributed by atoms with Crippen molar-refractivity contribution in [3.63, 3.8) is 0 Å². The van der Waals surface area contributed by atoms with Crippen LogP contribution in [-0.2, 0) is 23.1 Å². The van der Waals surface area contributed by atoms with Crippen molar-refractivity contribution < 1.29 is 9.59 Å². The highest BCUT2D eigenvalue weighted by Crippen LogP contribution is 2.29. The Labute approximate surface area is 249 Å². The molecule has 3 aromatic carbocycles. The predicted octanol–water partition coefficient (Wildman–Crippen LogP) is 3.85. The van der Waals surface area contributed by atoms with Crippen LogP contribution in [0.2, 0.25) is 0 Å². The number of H-pyrrole nitrogens is 1. The third kappa shape index (κ3) is 6.46. The first-order valence-corrected chi connectivity index (χ1v) is 14.6. The second kappa shape index (κ2) is 12.5. The van der Waals surface area contributed by atoms with Crippen LogP contribution in [0.3, 0.4) is 0 Å². The topological polar surface area (TPSA) is 156 Å². The Morgan fingerprint density at radius 2 is 1.70 bits per heavy atom. The summed E-state index contributed by atoms with van der Waals surface area (Å²) in [5.74, 6) is 0.467. The first kappa shape index (κ1) is 28.2. The number of rotatable bonds is 9. The van der Waals surface area contributed by atoms with Crippen molar-refractivity contribution >= 4 is 28.5 Å². The van der Waals surface area contributed by atoms with Gasteiger partial charge in [-0.15, -0.1) is 10.2 Å². The Kier molecular flexibility index (Phi) is 8.23. The van der Waals surface area contributed by atoms with Gasteiger partial charge in [-0.25, -0.2) is 4.98 Å². The summed E-state index contributed by atoms with van der Waals surface area (Å²) in [5, 5.41) is 20.0. The van der Waals surface area contributed by atoms with Gasteiger partial charge in [0.1, 0.15) is 6.04 Å². The van der Waals surface area contributed by atoms with Crippen molar-refractivity contribution in [1.82, 2.24) is 35.5 Å². The lowest BCUT2D eigenvalue weighted by Crippen LogP contribution is -2.48. The molecule has 5 aromatic rings. The average Bonchev–Trinajstić information content (AvgIpc) is 3.72. The first-order valence-electron chi connectivity index (χ1n) is 14.6. The number of aromatic amines is 1. The van der Waals surface area contributed by atoms with Gasteiger partial charge in [-0.1, -0.05) is 30.3 Å². The second-order valence-electron chi connectivity index (χ2n) is 11.3. The van der Waals surface area contributed by atoms with Gasteiger partial charge in [0.2, 0.25) is 17.6 Å². The van der Waals surface area contributed by atoms with Crippen LogP contribution in [0, 0.1) is 11.8 Å². The van der Waals surface area contributed by atoms with E-state index in [0.29, 0.717) is 30.4 Å². The molecule has 11 heteroatoms. The number of imidazole rings is 1. The Hall–Kier alpha value is -4.90. The van der Waals surface area contributed by atoms with Gasteiger partial charge in [-0.3, -0.25) is 9.59 Å². The third-order valence-corrected chi connectivity index (χ3v) is 8.39. The standard InChI is InChI=1S/C32H35N9O2/c1-41-19-34-27-15-12-25(17-29(27)41)22-6-2-20(3-7-22)16-28(36-31(42)24-8-4-21(18-33)5-9-24)32(43)35-26-13-10-23(11-14-26)30-37-39-40-38-30/h2-3,6-7,10-15,17,19,21,24,28H,4-5,8-9,16,18,33H2,1H3,(H,35,43)(H,36,42)(H,37,38,39,40)/t21?,24?,28-/m0/s1. The van der Waals surface area contributed by atoms with E-state index in [-0.39, 0.29) is 17.7 Å². The maximum absolute atomic E-state index is 13.6. The number of aryl methyl sites for hydroxylation is 1. The van der Waals surface area contributed by atoms with E-state index in [1.165, 1.54) is 0 Å². The van der Waals surface area contributed by atoms with E-state index in [9.17, 15) is 9.59 Å². The molecule has 0 spiro atoms. The quantitative estimate of drug-likeness (QED) is 0.207. The van der Waals surface area contributed by atoms with Gasteiger partial charge in [0.05, 0.1) is 17.4 Å². The monoisotopic (exact) mass is 577 g/mol. The van der Waals surface area contributed by atoms with Crippen LogP contribution in [-0.4, -0.2) is 54.6 Å². The zero-order valence-electron chi connectivity index (χ0n) is 24.0. The second-order valence-corrected chi connectivity index (χ2v) is 11.3. The molecule has 11 nitrogen and oxygen atoms in total. The molecular weight excluding hydrogens is 542 g/mol. The summed E-state index contributed by atoms with van der Waals surface area (Å²) in [4.78, 5) is 31.3. The van der Waals surface area contributed by atoms with Crippen molar-refractivity contribution in [2.75, 3.05) is 11.9 Å². The number of nitrogens with zero attached hydrogens (tertiary/aromatic N) is 5. The highest BCUT2D eigenvalue weighted by molar-refractivity contribution is 5.97. The zero-order chi connectivity index (χ0) is 29.8. The summed E-state index contributed by atoms with van der Waals surface area (Å²) in [6.45, 7) is 0.650. The highest BCUT2D eigenvalue weighted by atomic mass is 16.2. The van der Waals surface area contributed by atoms with E-state index in [1.807, 2.05) is 48.3 Å². The molecule has 1 saturated carbocycles. The van der Waals surface area contributed by atoms with E-state index >= 15 is 0 Å². The Morgan fingerprint density at radius 1 is 0.977 bits per heavy atom. The van der Waals surface area contributed by atoms with Gasteiger partial charge < -0.3 is 20.9 Å². The number of benzene rings is 3. The molecule has 0 saturated heterocycles. The number of hydrogen-bond donors (Lipinski definition) is 4. The SMILES string of the molecule is Cn1cnc2ccc(-c3ccc(C[C@H](NC(=O)C4CCC(CN)CC4)C(=O)Nc4ccc(-c5nn[nH]n5)cc4)cc3)cc21. The number of amides is 2. The third-order valence-electron chi connectivity index (χ3n) is 8.39. The van der Waals surface area contributed by atoms with Crippen LogP contribution in [0.5, 0.6) is 0 Å². The average molecular weight is 578 g/mol. The molecule has 0 bridgehead atoms. The Morgan fingerprint density at radius 3 is 2.40 bits per heavy atom. The van der Waals surface area contributed by atoms with Crippen molar-refractivity contribution in [3.8, 4) is 22.5 Å². The molecule has 2 heterocycles. The molecule has 43 heavy (non-hydrogen) atoms. The minimum absolute atomic E-state index is 0.0795. The molecule has 0 radical (unpaired) electrons. The molecule has 2 aromatic heterocycles. The van der Waals surface area contributed by atoms with Crippen molar-refractivity contribution in [3.05, 3.63) is 78.6 Å². The van der Waals surface area contributed by atoms with Gasteiger partial charge >= 0.3 is 0 Å². The molecule has 1 aliphatic carbocycles. The lowest BCUT2D eigenvalue weighted by atomic mass is 9.81. The predicted molar refractivity (Wildman–Crippen MR) is 165 cm³/mol. The molecule has 2 amide bonds. The van der Waals surface area contributed by atoms with Gasteiger partial charge in [0, 0.05) is 30.6 Å². The van der Waals surface area contributed by atoms with E-state index in [1.54, 1.807) is 12.1 Å². The summed E-state index contributed by atoms with van der Waals surface area (Å²) in [6, 6.07) is 20.8. The fourth-order valence-corrected chi connectivity index (χ4v) is 5.75. The molecule has 1 aliphatic rings. The van der Waals surface area contributed by atoms with Gasteiger partial charge in [-0.05, 0) is 96.4 Å². The lowest BCUT2D eigenvalue weighted by Gasteiger charge is -2.28. The van der Waals surface area contributed by atoms with E-state index in [0.717, 1.165) is 59.0 Å². The molecule has 1 atom stereocenters. The fraction of sp³-hybridized carbons (Fsp3) is 0.312. The molecular formula is C32H35N9O2.